The van der Waals surface area contributed by atoms with Crippen molar-refractivity contribution in [2.24, 2.45) is 0 Å². The quantitative estimate of drug-likeness (QED) is 0.674. The summed E-state index contributed by atoms with van der Waals surface area (Å²) in [4.78, 5) is -0.140. The van der Waals surface area contributed by atoms with Gasteiger partial charge in [0.15, 0.2) is 0 Å². The van der Waals surface area contributed by atoms with Crippen molar-refractivity contribution in [3.05, 3.63) is 23.8 Å². The Morgan fingerprint density at radius 2 is 2.16 bits per heavy atom. The highest BCUT2D eigenvalue weighted by molar-refractivity contribution is 9.09. The van der Waals surface area contributed by atoms with E-state index in [-0.39, 0.29) is 4.83 Å². The zero-order chi connectivity index (χ0) is 14.0. The maximum Gasteiger partial charge on any atom is 0.126 e. The molecule has 1 aliphatic heterocycles. The minimum absolute atomic E-state index is 0.140. The minimum Gasteiger partial charge on any atom is -0.494 e. The molecule has 1 aromatic rings. The van der Waals surface area contributed by atoms with Crippen molar-refractivity contribution >= 4 is 15.9 Å². The van der Waals surface area contributed by atoms with Gasteiger partial charge in [0.1, 0.15) is 17.1 Å². The molecule has 0 bridgehead atoms. The number of benzene rings is 1. The molecule has 0 fully saturated rings. The number of alkyl halides is 1. The van der Waals surface area contributed by atoms with Crippen LogP contribution in [0, 0.1) is 0 Å². The summed E-state index contributed by atoms with van der Waals surface area (Å²) in [5, 5.41) is 10.4. The lowest BCUT2D eigenvalue weighted by Crippen LogP contribution is -2.45. The highest BCUT2D eigenvalue weighted by atomic mass is 79.9. The van der Waals surface area contributed by atoms with Gasteiger partial charge in [0.05, 0.1) is 17.5 Å². The van der Waals surface area contributed by atoms with E-state index in [0.29, 0.717) is 6.61 Å². The van der Waals surface area contributed by atoms with Gasteiger partial charge in [-0.15, -0.1) is 0 Å². The van der Waals surface area contributed by atoms with Crippen molar-refractivity contribution in [1.82, 2.24) is 0 Å². The fraction of sp³-hybridized carbons (Fsp3) is 0.600. The predicted octanol–water partition coefficient (Wildman–Crippen LogP) is 3.83. The molecular formula is C15H21BrO3. The number of hydrogen-bond donors (Lipinski definition) is 1. The Balaban J connectivity index is 2.21. The summed E-state index contributed by atoms with van der Waals surface area (Å²) < 4.78 is 11.6. The average Bonchev–Trinajstić information content (AvgIpc) is 2.37. The third-order valence-corrected chi connectivity index (χ3v) is 4.98. The van der Waals surface area contributed by atoms with Crippen molar-refractivity contribution in [3.8, 4) is 11.5 Å². The van der Waals surface area contributed by atoms with E-state index in [9.17, 15) is 5.11 Å². The van der Waals surface area contributed by atoms with Gasteiger partial charge in [-0.2, -0.15) is 0 Å². The number of fused-ring (bicyclic) bond motifs is 1. The van der Waals surface area contributed by atoms with E-state index in [1.165, 1.54) is 0 Å². The number of unbranched alkanes of at least 4 members (excludes halogenated alkanes) is 1. The van der Waals surface area contributed by atoms with Gasteiger partial charge in [0.2, 0.25) is 0 Å². The monoisotopic (exact) mass is 328 g/mol. The molecule has 19 heavy (non-hydrogen) atoms. The Labute approximate surface area is 123 Å². The zero-order valence-corrected chi connectivity index (χ0v) is 13.2. The number of aliphatic hydroxyl groups is 1. The second-order valence-corrected chi connectivity index (χ2v) is 6.44. The SMILES string of the molecule is CCCCOc1ccc2c(c1)C(O)C(Br)C(C)(C)O2. The summed E-state index contributed by atoms with van der Waals surface area (Å²) >= 11 is 3.52. The molecule has 3 nitrogen and oxygen atoms in total. The molecule has 1 N–H and O–H groups in total. The molecule has 0 saturated heterocycles. The van der Waals surface area contributed by atoms with Crippen LogP contribution in [0.3, 0.4) is 0 Å². The van der Waals surface area contributed by atoms with E-state index >= 15 is 0 Å². The third-order valence-electron chi connectivity index (χ3n) is 3.38. The number of hydrogen-bond acceptors (Lipinski definition) is 3. The molecule has 0 saturated carbocycles. The standard InChI is InChI=1S/C15H21BrO3/c1-4-5-8-18-10-6-7-12-11(9-10)13(17)14(16)15(2,3)19-12/h6-7,9,13-14,17H,4-5,8H2,1-3H3. The second-order valence-electron chi connectivity index (χ2n) is 5.45. The molecular weight excluding hydrogens is 308 g/mol. The summed E-state index contributed by atoms with van der Waals surface area (Å²) in [5.74, 6) is 1.52. The summed E-state index contributed by atoms with van der Waals surface area (Å²) in [6.07, 6.45) is 1.55. The lowest BCUT2D eigenvalue weighted by molar-refractivity contribution is 0.0223. The fourth-order valence-electron chi connectivity index (χ4n) is 2.15. The van der Waals surface area contributed by atoms with Crippen LogP contribution in [0.25, 0.3) is 0 Å². The zero-order valence-electron chi connectivity index (χ0n) is 11.6. The molecule has 4 heteroatoms. The summed E-state index contributed by atoms with van der Waals surface area (Å²) in [6.45, 7) is 6.76. The van der Waals surface area contributed by atoms with E-state index in [4.69, 9.17) is 9.47 Å². The Morgan fingerprint density at radius 1 is 1.42 bits per heavy atom. The van der Waals surface area contributed by atoms with E-state index in [1.54, 1.807) is 0 Å². The maximum absolute atomic E-state index is 10.4. The molecule has 2 unspecified atom stereocenters. The van der Waals surface area contributed by atoms with E-state index in [1.807, 2.05) is 32.0 Å². The van der Waals surface area contributed by atoms with Gasteiger partial charge in [0.25, 0.3) is 0 Å². The Kier molecular flexibility index (Phi) is 4.41. The van der Waals surface area contributed by atoms with Crippen LogP contribution in [-0.4, -0.2) is 22.1 Å². The van der Waals surface area contributed by atoms with Crippen molar-refractivity contribution in [2.45, 2.75) is 50.1 Å². The van der Waals surface area contributed by atoms with Crippen LogP contribution in [0.5, 0.6) is 11.5 Å². The highest BCUT2D eigenvalue weighted by Gasteiger charge is 2.41. The van der Waals surface area contributed by atoms with Crippen LogP contribution in [0.4, 0.5) is 0 Å². The first-order valence-electron chi connectivity index (χ1n) is 6.73. The predicted molar refractivity (Wildman–Crippen MR) is 79.2 cm³/mol. The summed E-state index contributed by atoms with van der Waals surface area (Å²) in [5.41, 5.74) is 0.354. The number of ether oxygens (including phenoxy) is 2. The average molecular weight is 329 g/mol. The van der Waals surface area contributed by atoms with Crippen LogP contribution in [0.1, 0.15) is 45.3 Å². The molecule has 2 rings (SSSR count). The van der Waals surface area contributed by atoms with Crippen molar-refractivity contribution in [2.75, 3.05) is 6.61 Å². The summed E-state index contributed by atoms with van der Waals surface area (Å²) in [6, 6.07) is 5.64. The van der Waals surface area contributed by atoms with E-state index in [2.05, 4.69) is 22.9 Å². The van der Waals surface area contributed by atoms with Crippen LogP contribution in [0.2, 0.25) is 0 Å². The number of halogens is 1. The van der Waals surface area contributed by atoms with Crippen LogP contribution in [0.15, 0.2) is 18.2 Å². The van der Waals surface area contributed by atoms with Gasteiger partial charge < -0.3 is 14.6 Å². The second kappa shape index (κ2) is 5.71. The molecule has 0 aromatic heterocycles. The third kappa shape index (κ3) is 3.06. The van der Waals surface area contributed by atoms with Gasteiger partial charge >= 0.3 is 0 Å². The lowest BCUT2D eigenvalue weighted by atomic mass is 9.91. The molecule has 2 atom stereocenters. The number of rotatable bonds is 4. The highest BCUT2D eigenvalue weighted by Crippen LogP contribution is 2.44. The molecule has 1 aliphatic rings. The molecule has 1 aromatic carbocycles. The smallest absolute Gasteiger partial charge is 0.126 e. The van der Waals surface area contributed by atoms with Gasteiger partial charge in [-0.3, -0.25) is 0 Å². The Hall–Kier alpha value is -0.740. The van der Waals surface area contributed by atoms with E-state index in [0.717, 1.165) is 29.9 Å². The first-order valence-corrected chi connectivity index (χ1v) is 7.65. The van der Waals surface area contributed by atoms with Crippen LogP contribution < -0.4 is 9.47 Å². The molecule has 0 radical (unpaired) electrons. The van der Waals surface area contributed by atoms with Gasteiger partial charge in [-0.25, -0.2) is 0 Å². The largest absolute Gasteiger partial charge is 0.494 e. The lowest BCUT2D eigenvalue weighted by Gasteiger charge is -2.40. The molecule has 106 valence electrons. The maximum atomic E-state index is 10.4. The van der Waals surface area contributed by atoms with Crippen molar-refractivity contribution in [3.63, 3.8) is 0 Å². The first-order chi connectivity index (χ1) is 8.95. The topological polar surface area (TPSA) is 38.7 Å². The Morgan fingerprint density at radius 3 is 2.84 bits per heavy atom. The van der Waals surface area contributed by atoms with Crippen LogP contribution >= 0.6 is 15.9 Å². The fourth-order valence-corrected chi connectivity index (χ4v) is 2.53. The number of aliphatic hydroxyl groups excluding tert-OH is 1. The summed E-state index contributed by atoms with van der Waals surface area (Å²) in [7, 11) is 0. The molecule has 1 heterocycles. The van der Waals surface area contributed by atoms with Gasteiger partial charge in [-0.05, 0) is 38.5 Å². The molecule has 0 spiro atoms. The van der Waals surface area contributed by atoms with Gasteiger partial charge in [-0.1, -0.05) is 29.3 Å². The Bertz CT molecular complexity index is 445. The van der Waals surface area contributed by atoms with Crippen molar-refractivity contribution < 1.29 is 14.6 Å². The molecule has 0 aliphatic carbocycles. The van der Waals surface area contributed by atoms with Crippen molar-refractivity contribution in [1.29, 1.82) is 0 Å². The first kappa shape index (κ1) is 14.7. The molecule has 0 amide bonds. The van der Waals surface area contributed by atoms with Crippen LogP contribution in [-0.2, 0) is 0 Å². The normalized spacial score (nSPS) is 24.5. The minimum atomic E-state index is -0.589. The van der Waals surface area contributed by atoms with Gasteiger partial charge in [0, 0.05) is 5.56 Å². The van der Waals surface area contributed by atoms with E-state index < -0.39 is 11.7 Å².